The average Bonchev–Trinajstić information content (AvgIpc) is 3.09. The summed E-state index contributed by atoms with van der Waals surface area (Å²) in [5.41, 5.74) is 3.56. The Kier molecular flexibility index (Phi) is 5.39. The molecule has 0 radical (unpaired) electrons. The molecule has 1 fully saturated rings. The molecular formula is C22H23N3O2S. The first kappa shape index (κ1) is 18.6. The molecule has 0 N–H and O–H groups in total. The maximum absolute atomic E-state index is 12.3. The Hall–Kier alpha value is -2.73. The van der Waals surface area contributed by atoms with Crippen molar-refractivity contribution in [2.24, 2.45) is 4.99 Å². The van der Waals surface area contributed by atoms with Gasteiger partial charge in [-0.05, 0) is 54.1 Å². The van der Waals surface area contributed by atoms with Gasteiger partial charge in [-0.25, -0.2) is 0 Å². The summed E-state index contributed by atoms with van der Waals surface area (Å²) in [6.07, 6.45) is 1.90. The Balaban J connectivity index is 1.40. The number of aliphatic imine (C=N–C) groups is 1. The molecule has 0 unspecified atom stereocenters. The average molecular weight is 394 g/mol. The number of benzene rings is 2. The van der Waals surface area contributed by atoms with Gasteiger partial charge < -0.3 is 14.5 Å². The van der Waals surface area contributed by atoms with Gasteiger partial charge in [-0.2, -0.15) is 4.99 Å². The number of hydrogen-bond acceptors (Lipinski definition) is 5. The van der Waals surface area contributed by atoms with E-state index in [1.165, 1.54) is 23.0 Å². The zero-order valence-corrected chi connectivity index (χ0v) is 16.9. The molecule has 2 aromatic rings. The van der Waals surface area contributed by atoms with E-state index in [2.05, 4.69) is 46.0 Å². The van der Waals surface area contributed by atoms with E-state index < -0.39 is 0 Å². The molecule has 0 aliphatic carbocycles. The minimum absolute atomic E-state index is 0.155. The molecule has 1 saturated heterocycles. The molecule has 0 bridgehead atoms. The predicted octanol–water partition coefficient (Wildman–Crippen LogP) is 3.80. The van der Waals surface area contributed by atoms with Crippen molar-refractivity contribution in [3.8, 4) is 5.75 Å². The normalized spacial score (nSPS) is 18.6. The highest BCUT2D eigenvalue weighted by atomic mass is 32.2. The maximum Gasteiger partial charge on any atom is 0.286 e. The number of aryl methyl sites for hydroxylation is 1. The molecule has 1 amide bonds. The fraction of sp³-hybridized carbons (Fsp3) is 0.273. The van der Waals surface area contributed by atoms with Crippen molar-refractivity contribution >= 4 is 34.6 Å². The second-order valence-corrected chi connectivity index (χ2v) is 7.85. The lowest BCUT2D eigenvalue weighted by molar-refractivity contribution is -0.113. The summed E-state index contributed by atoms with van der Waals surface area (Å²) >= 11 is 1.47. The molecule has 5 nitrogen and oxygen atoms in total. The van der Waals surface area contributed by atoms with Crippen LogP contribution in [0.5, 0.6) is 5.75 Å². The number of hydrogen-bond donors (Lipinski definition) is 0. The van der Waals surface area contributed by atoms with Crippen LogP contribution in [0.4, 0.5) is 5.69 Å². The summed E-state index contributed by atoms with van der Waals surface area (Å²) in [5, 5.41) is 0.814. The molecule has 2 aromatic carbocycles. The van der Waals surface area contributed by atoms with Crippen LogP contribution in [0.1, 0.15) is 11.1 Å². The monoisotopic (exact) mass is 393 g/mol. The van der Waals surface area contributed by atoms with Crippen LogP contribution in [-0.4, -0.2) is 49.3 Å². The molecule has 144 valence electrons. The van der Waals surface area contributed by atoms with Crippen molar-refractivity contribution < 1.29 is 9.53 Å². The van der Waals surface area contributed by atoms with Gasteiger partial charge in [0.2, 0.25) is 0 Å². The molecule has 28 heavy (non-hydrogen) atoms. The van der Waals surface area contributed by atoms with Crippen molar-refractivity contribution in [3.05, 3.63) is 64.6 Å². The van der Waals surface area contributed by atoms with Gasteiger partial charge in [-0.1, -0.05) is 30.3 Å². The van der Waals surface area contributed by atoms with E-state index in [4.69, 9.17) is 4.74 Å². The summed E-state index contributed by atoms with van der Waals surface area (Å²) in [4.78, 5) is 21.9. The number of para-hydroxylation sites is 1. The van der Waals surface area contributed by atoms with Crippen molar-refractivity contribution in [2.75, 3.05) is 38.2 Å². The molecule has 0 saturated carbocycles. The van der Waals surface area contributed by atoms with Crippen LogP contribution in [0.15, 0.2) is 58.4 Å². The van der Waals surface area contributed by atoms with Gasteiger partial charge in [0.1, 0.15) is 5.75 Å². The molecule has 0 atom stereocenters. The highest BCUT2D eigenvalue weighted by molar-refractivity contribution is 8.18. The Morgan fingerprint density at radius 1 is 1.00 bits per heavy atom. The number of amides is 1. The first-order chi connectivity index (χ1) is 13.6. The molecule has 2 heterocycles. The number of carbonyl (C=O) groups excluding carboxylic acids is 1. The second-order valence-electron chi connectivity index (χ2n) is 6.84. The first-order valence-corrected chi connectivity index (χ1v) is 10.2. The van der Waals surface area contributed by atoms with Crippen molar-refractivity contribution in [2.45, 2.75) is 6.92 Å². The molecule has 0 aromatic heterocycles. The van der Waals surface area contributed by atoms with Crippen molar-refractivity contribution in [1.82, 2.24) is 4.90 Å². The van der Waals surface area contributed by atoms with Crippen LogP contribution in [0.25, 0.3) is 6.08 Å². The van der Waals surface area contributed by atoms with E-state index in [-0.39, 0.29) is 5.91 Å². The number of rotatable bonds is 3. The lowest BCUT2D eigenvalue weighted by atomic mass is 10.1. The van der Waals surface area contributed by atoms with E-state index in [9.17, 15) is 4.79 Å². The second kappa shape index (κ2) is 8.10. The van der Waals surface area contributed by atoms with E-state index in [0.717, 1.165) is 42.7 Å². The largest absolute Gasteiger partial charge is 0.497 e. The number of thioether (sulfide) groups is 1. The van der Waals surface area contributed by atoms with Crippen molar-refractivity contribution in [3.63, 3.8) is 0 Å². The topological polar surface area (TPSA) is 45.1 Å². The molecule has 0 spiro atoms. The predicted molar refractivity (Wildman–Crippen MR) is 116 cm³/mol. The summed E-state index contributed by atoms with van der Waals surface area (Å²) in [6, 6.07) is 16.1. The number of carbonyl (C=O) groups is 1. The molecular weight excluding hydrogens is 370 g/mol. The highest BCUT2D eigenvalue weighted by Crippen LogP contribution is 2.31. The number of methoxy groups -OCH3 is 1. The van der Waals surface area contributed by atoms with Crippen LogP contribution in [0, 0.1) is 6.92 Å². The summed E-state index contributed by atoms with van der Waals surface area (Å²) in [7, 11) is 1.64. The first-order valence-electron chi connectivity index (χ1n) is 9.36. The van der Waals surface area contributed by atoms with E-state index in [0.29, 0.717) is 4.91 Å². The third kappa shape index (κ3) is 3.92. The minimum Gasteiger partial charge on any atom is -0.497 e. The maximum atomic E-state index is 12.3. The zero-order chi connectivity index (χ0) is 19.5. The van der Waals surface area contributed by atoms with Gasteiger partial charge in [0.15, 0.2) is 5.17 Å². The van der Waals surface area contributed by atoms with E-state index in [1.807, 2.05) is 30.3 Å². The van der Waals surface area contributed by atoms with Crippen LogP contribution in [-0.2, 0) is 4.79 Å². The number of ether oxygens (including phenoxy) is 1. The third-order valence-corrected chi connectivity index (χ3v) is 6.07. The fourth-order valence-corrected chi connectivity index (χ4v) is 4.41. The van der Waals surface area contributed by atoms with Crippen LogP contribution in [0.3, 0.4) is 0 Å². The standard InChI is InChI=1S/C22H23N3O2S/c1-16-5-3-4-6-19(16)24-11-13-25(14-12-24)22-23-21(26)20(28-22)15-17-7-9-18(27-2)10-8-17/h3-10,15H,11-14H2,1-2H3/b20-15-. The summed E-state index contributed by atoms with van der Waals surface area (Å²) in [6.45, 7) is 5.73. The van der Waals surface area contributed by atoms with E-state index in [1.54, 1.807) is 7.11 Å². The number of piperazine rings is 1. The van der Waals surface area contributed by atoms with Crippen LogP contribution in [0.2, 0.25) is 0 Å². The quantitative estimate of drug-likeness (QED) is 0.743. The number of anilines is 1. The van der Waals surface area contributed by atoms with Gasteiger partial charge in [0.05, 0.1) is 12.0 Å². The van der Waals surface area contributed by atoms with Crippen LogP contribution < -0.4 is 9.64 Å². The molecule has 2 aliphatic rings. The number of amidine groups is 1. The Morgan fingerprint density at radius 2 is 1.68 bits per heavy atom. The Labute approximate surface area is 169 Å². The summed E-state index contributed by atoms with van der Waals surface area (Å²) < 4.78 is 5.18. The van der Waals surface area contributed by atoms with Gasteiger partial charge in [0.25, 0.3) is 5.91 Å². The lowest BCUT2D eigenvalue weighted by Crippen LogP contribution is -2.48. The van der Waals surface area contributed by atoms with Gasteiger partial charge in [-0.15, -0.1) is 0 Å². The highest BCUT2D eigenvalue weighted by Gasteiger charge is 2.28. The van der Waals surface area contributed by atoms with Gasteiger partial charge in [0, 0.05) is 31.9 Å². The van der Waals surface area contributed by atoms with Gasteiger partial charge >= 0.3 is 0 Å². The fourth-order valence-electron chi connectivity index (χ4n) is 3.44. The molecule has 2 aliphatic heterocycles. The Bertz CT molecular complexity index is 929. The molecule has 4 rings (SSSR count). The summed E-state index contributed by atoms with van der Waals surface area (Å²) in [5.74, 6) is 0.646. The van der Waals surface area contributed by atoms with Crippen molar-refractivity contribution in [1.29, 1.82) is 0 Å². The molecule has 6 heteroatoms. The third-order valence-electron chi connectivity index (χ3n) is 5.03. The van der Waals surface area contributed by atoms with E-state index >= 15 is 0 Å². The smallest absolute Gasteiger partial charge is 0.286 e. The SMILES string of the molecule is COc1ccc(/C=C2\SC(N3CCN(c4ccccc4C)CC3)=NC2=O)cc1. The zero-order valence-electron chi connectivity index (χ0n) is 16.1. The lowest BCUT2D eigenvalue weighted by Gasteiger charge is -2.37. The van der Waals surface area contributed by atoms with Gasteiger partial charge in [-0.3, -0.25) is 4.79 Å². The minimum atomic E-state index is -0.155. The Morgan fingerprint density at radius 3 is 2.36 bits per heavy atom. The number of nitrogens with zero attached hydrogens (tertiary/aromatic N) is 3. The van der Waals surface area contributed by atoms with Crippen LogP contribution >= 0.6 is 11.8 Å².